The summed E-state index contributed by atoms with van der Waals surface area (Å²) in [4.78, 5) is 30.6. The van der Waals surface area contributed by atoms with E-state index in [1.165, 1.54) is 22.9 Å². The fourth-order valence-electron chi connectivity index (χ4n) is 5.87. The number of para-hydroxylation sites is 1. The molecule has 1 N–H and O–H groups in total. The van der Waals surface area contributed by atoms with Crippen LogP contribution in [0.25, 0.3) is 0 Å². The van der Waals surface area contributed by atoms with Crippen molar-refractivity contribution in [3.63, 3.8) is 0 Å². The van der Waals surface area contributed by atoms with Gasteiger partial charge in [-0.05, 0) is 62.1 Å². The van der Waals surface area contributed by atoms with Crippen LogP contribution in [0.4, 0.5) is 5.69 Å². The van der Waals surface area contributed by atoms with E-state index in [9.17, 15) is 18.0 Å². The zero-order valence-corrected chi connectivity index (χ0v) is 22.4. The molecule has 0 atom stereocenters. The SMILES string of the molecule is O=C(CN1CN(c2ccccc2)C2(CCN(S(=O)(=O)c3ccc(Cl)cc3)CC2)C1=O)NC1CCCCC1. The van der Waals surface area contributed by atoms with Crippen LogP contribution in [0.15, 0.2) is 59.5 Å². The lowest BCUT2D eigenvalue weighted by Gasteiger charge is -2.42. The van der Waals surface area contributed by atoms with Crippen LogP contribution in [0.2, 0.25) is 5.02 Å². The quantitative estimate of drug-likeness (QED) is 0.600. The van der Waals surface area contributed by atoms with E-state index < -0.39 is 15.6 Å². The molecular formula is C27H33ClN4O4S. The molecule has 10 heteroatoms. The Hall–Kier alpha value is -2.62. The minimum atomic E-state index is -3.71. The maximum Gasteiger partial charge on any atom is 0.250 e. The molecule has 2 saturated heterocycles. The molecule has 3 fully saturated rings. The maximum atomic E-state index is 13.9. The lowest BCUT2D eigenvalue weighted by Crippen LogP contribution is -2.57. The van der Waals surface area contributed by atoms with Crippen LogP contribution in [0.1, 0.15) is 44.9 Å². The van der Waals surface area contributed by atoms with Crippen LogP contribution < -0.4 is 10.2 Å². The zero-order chi connectivity index (χ0) is 26.0. The van der Waals surface area contributed by atoms with Gasteiger partial charge in [-0.25, -0.2) is 8.42 Å². The molecule has 2 aromatic rings. The minimum Gasteiger partial charge on any atom is -0.352 e. The first-order chi connectivity index (χ1) is 17.8. The van der Waals surface area contributed by atoms with E-state index in [0.717, 1.165) is 31.4 Å². The number of nitrogens with zero attached hydrogens (tertiary/aromatic N) is 3. The number of sulfonamides is 1. The molecule has 0 radical (unpaired) electrons. The molecule has 0 unspecified atom stereocenters. The Bertz CT molecular complexity index is 1220. The number of benzene rings is 2. The molecule has 8 nitrogen and oxygen atoms in total. The number of anilines is 1. The van der Waals surface area contributed by atoms with Gasteiger partial charge in [0.25, 0.3) is 0 Å². The van der Waals surface area contributed by atoms with Crippen molar-refractivity contribution in [1.82, 2.24) is 14.5 Å². The Morgan fingerprint density at radius 3 is 2.27 bits per heavy atom. The highest BCUT2D eigenvalue weighted by Crippen LogP contribution is 2.40. The van der Waals surface area contributed by atoms with Crippen molar-refractivity contribution < 1.29 is 18.0 Å². The first-order valence-corrected chi connectivity index (χ1v) is 14.8. The molecule has 198 valence electrons. The first kappa shape index (κ1) is 26.0. The van der Waals surface area contributed by atoms with Crippen molar-refractivity contribution in [3.8, 4) is 0 Å². The van der Waals surface area contributed by atoms with E-state index in [2.05, 4.69) is 10.2 Å². The molecule has 2 heterocycles. The first-order valence-electron chi connectivity index (χ1n) is 13.0. The largest absolute Gasteiger partial charge is 0.352 e. The van der Waals surface area contributed by atoms with E-state index >= 15 is 0 Å². The van der Waals surface area contributed by atoms with Crippen LogP contribution >= 0.6 is 11.6 Å². The molecule has 1 spiro atoms. The Balaban J connectivity index is 1.34. The number of rotatable bonds is 6. The molecule has 2 aromatic carbocycles. The molecular weight excluding hydrogens is 512 g/mol. The van der Waals surface area contributed by atoms with E-state index in [1.807, 2.05) is 30.3 Å². The molecule has 2 amide bonds. The minimum absolute atomic E-state index is 0.00715. The van der Waals surface area contributed by atoms with Crippen molar-refractivity contribution in [3.05, 3.63) is 59.6 Å². The molecule has 5 rings (SSSR count). The molecule has 3 aliphatic rings. The predicted octanol–water partition coefficient (Wildman–Crippen LogP) is 3.62. The lowest BCUT2D eigenvalue weighted by atomic mass is 9.86. The van der Waals surface area contributed by atoms with Crippen LogP contribution in [-0.4, -0.2) is 67.3 Å². The highest BCUT2D eigenvalue weighted by atomic mass is 35.5. The number of hydrogen-bond acceptors (Lipinski definition) is 5. The normalized spacial score (nSPS) is 20.9. The van der Waals surface area contributed by atoms with Gasteiger partial charge in [0.2, 0.25) is 21.8 Å². The van der Waals surface area contributed by atoms with Crippen LogP contribution in [0, 0.1) is 0 Å². The number of halogens is 1. The predicted molar refractivity (Wildman–Crippen MR) is 143 cm³/mol. The van der Waals surface area contributed by atoms with Crippen molar-refractivity contribution in [2.24, 2.45) is 0 Å². The Labute approximate surface area is 223 Å². The van der Waals surface area contributed by atoms with Gasteiger partial charge in [0.05, 0.1) is 11.6 Å². The summed E-state index contributed by atoms with van der Waals surface area (Å²) in [6, 6.07) is 16.0. The number of piperidine rings is 1. The van der Waals surface area contributed by atoms with Gasteiger partial charge in [-0.1, -0.05) is 49.1 Å². The summed E-state index contributed by atoms with van der Waals surface area (Å²) < 4.78 is 28.0. The van der Waals surface area contributed by atoms with Crippen LogP contribution in [0.3, 0.4) is 0 Å². The van der Waals surface area contributed by atoms with Crippen LogP contribution in [-0.2, 0) is 19.6 Å². The number of carbonyl (C=O) groups excluding carboxylic acids is 2. The Morgan fingerprint density at radius 1 is 0.973 bits per heavy atom. The standard InChI is InChI=1S/C27H33ClN4O4S/c28-21-11-13-24(14-12-21)37(35,36)31-17-15-27(16-18-31)26(34)30(20-32(27)23-9-5-2-6-10-23)19-25(33)29-22-7-3-1-4-8-22/h2,5-6,9-14,22H,1,3-4,7-8,15-20H2,(H,29,33). The molecule has 1 aliphatic carbocycles. The van der Waals surface area contributed by atoms with Gasteiger partial charge in [0.1, 0.15) is 12.1 Å². The second-order valence-corrected chi connectivity index (χ2v) is 12.6. The summed E-state index contributed by atoms with van der Waals surface area (Å²) in [5.74, 6) is -0.244. The third-order valence-electron chi connectivity index (χ3n) is 7.89. The van der Waals surface area contributed by atoms with Crippen molar-refractivity contribution in [2.75, 3.05) is 31.2 Å². The maximum absolute atomic E-state index is 13.9. The number of amides is 2. The average molecular weight is 545 g/mol. The van der Waals surface area contributed by atoms with E-state index in [0.29, 0.717) is 24.5 Å². The lowest BCUT2D eigenvalue weighted by molar-refractivity contribution is -0.137. The topological polar surface area (TPSA) is 90.0 Å². The second kappa shape index (κ2) is 10.6. The summed E-state index contributed by atoms with van der Waals surface area (Å²) in [5.41, 5.74) is -0.00146. The van der Waals surface area contributed by atoms with E-state index in [4.69, 9.17) is 11.6 Å². The highest BCUT2D eigenvalue weighted by molar-refractivity contribution is 7.89. The zero-order valence-electron chi connectivity index (χ0n) is 20.8. The summed E-state index contributed by atoms with van der Waals surface area (Å²) in [7, 11) is -3.71. The smallest absolute Gasteiger partial charge is 0.250 e. The fraction of sp³-hybridized carbons (Fsp3) is 0.481. The number of nitrogens with one attached hydrogen (secondary N) is 1. The van der Waals surface area contributed by atoms with Gasteiger partial charge in [-0.15, -0.1) is 0 Å². The molecule has 0 bridgehead atoms. The van der Waals surface area contributed by atoms with Gasteiger partial charge < -0.3 is 15.1 Å². The fourth-order valence-corrected chi connectivity index (χ4v) is 7.44. The van der Waals surface area contributed by atoms with Crippen molar-refractivity contribution in [2.45, 2.75) is 61.4 Å². The van der Waals surface area contributed by atoms with Gasteiger partial charge in [0, 0.05) is 29.8 Å². The van der Waals surface area contributed by atoms with Gasteiger partial charge >= 0.3 is 0 Å². The van der Waals surface area contributed by atoms with Gasteiger partial charge in [-0.2, -0.15) is 4.31 Å². The molecule has 1 saturated carbocycles. The second-order valence-electron chi connectivity index (χ2n) is 10.2. The Kier molecular flexibility index (Phi) is 7.47. The van der Waals surface area contributed by atoms with Crippen LogP contribution in [0.5, 0.6) is 0 Å². The number of hydrogen-bond donors (Lipinski definition) is 1. The highest BCUT2D eigenvalue weighted by Gasteiger charge is 2.55. The summed E-state index contributed by atoms with van der Waals surface area (Å²) in [6.45, 7) is 0.725. The third-order valence-corrected chi connectivity index (χ3v) is 10.1. The third kappa shape index (κ3) is 5.22. The molecule has 0 aromatic heterocycles. The summed E-state index contributed by atoms with van der Waals surface area (Å²) >= 11 is 5.94. The van der Waals surface area contributed by atoms with Gasteiger partial charge in [-0.3, -0.25) is 9.59 Å². The summed E-state index contributed by atoms with van der Waals surface area (Å²) in [6.07, 6.45) is 6.09. The average Bonchev–Trinajstić information content (AvgIpc) is 3.16. The van der Waals surface area contributed by atoms with E-state index in [-0.39, 0.29) is 42.4 Å². The Morgan fingerprint density at radius 2 is 1.62 bits per heavy atom. The summed E-state index contributed by atoms with van der Waals surface area (Å²) in [5, 5.41) is 3.58. The molecule has 2 aliphatic heterocycles. The van der Waals surface area contributed by atoms with Crippen molar-refractivity contribution in [1.29, 1.82) is 0 Å². The van der Waals surface area contributed by atoms with Crippen molar-refractivity contribution >= 4 is 39.1 Å². The monoisotopic (exact) mass is 544 g/mol. The van der Waals surface area contributed by atoms with Gasteiger partial charge in [0.15, 0.2) is 0 Å². The number of carbonyl (C=O) groups is 2. The van der Waals surface area contributed by atoms with E-state index in [1.54, 1.807) is 17.0 Å². The molecule has 37 heavy (non-hydrogen) atoms.